The number of hydrogen-bond donors (Lipinski definition) is 2. The minimum absolute atomic E-state index is 0.250. The third kappa shape index (κ3) is 3.83. The van der Waals surface area contributed by atoms with E-state index < -0.39 is 5.54 Å². The summed E-state index contributed by atoms with van der Waals surface area (Å²) in [5, 5.41) is 3.25. The van der Waals surface area contributed by atoms with Crippen LogP contribution in [0, 0.1) is 0 Å². The Labute approximate surface area is 127 Å². The highest BCUT2D eigenvalue weighted by molar-refractivity contribution is 5.86. The SMILES string of the molecule is CCNC(COC1CCCCC1)(C(N)=O)c1ccccc1. The van der Waals surface area contributed by atoms with Gasteiger partial charge in [0.2, 0.25) is 5.91 Å². The standard InChI is InChI=1S/C17H26N2O2/c1-2-19-17(16(18)20,14-9-5-3-6-10-14)13-21-15-11-7-4-8-12-15/h3,5-6,9-10,15,19H,2,4,7-8,11-13H2,1H3,(H2,18,20). The van der Waals surface area contributed by atoms with E-state index in [1.165, 1.54) is 19.3 Å². The second-order valence-electron chi connectivity index (χ2n) is 5.74. The first kappa shape index (κ1) is 16.0. The molecule has 0 radical (unpaired) electrons. The molecule has 1 atom stereocenters. The Morgan fingerprint density at radius 1 is 1.29 bits per heavy atom. The van der Waals surface area contributed by atoms with E-state index in [2.05, 4.69) is 5.32 Å². The highest BCUT2D eigenvalue weighted by atomic mass is 16.5. The number of ether oxygens (including phenoxy) is 1. The van der Waals surface area contributed by atoms with Gasteiger partial charge < -0.3 is 10.5 Å². The summed E-state index contributed by atoms with van der Waals surface area (Å²) in [5.74, 6) is -0.383. The molecule has 0 spiro atoms. The van der Waals surface area contributed by atoms with E-state index in [-0.39, 0.29) is 12.0 Å². The van der Waals surface area contributed by atoms with Crippen molar-refractivity contribution in [2.75, 3.05) is 13.2 Å². The lowest BCUT2D eigenvalue weighted by molar-refractivity contribution is -0.129. The van der Waals surface area contributed by atoms with Crippen LogP contribution in [-0.2, 0) is 15.1 Å². The Balaban J connectivity index is 2.16. The van der Waals surface area contributed by atoms with Gasteiger partial charge >= 0.3 is 0 Å². The van der Waals surface area contributed by atoms with Crippen LogP contribution in [0.15, 0.2) is 30.3 Å². The topological polar surface area (TPSA) is 64.3 Å². The molecule has 0 heterocycles. The van der Waals surface area contributed by atoms with E-state index in [0.717, 1.165) is 18.4 Å². The predicted molar refractivity (Wildman–Crippen MR) is 83.8 cm³/mol. The molecular formula is C17H26N2O2. The molecule has 116 valence electrons. The fourth-order valence-corrected chi connectivity index (χ4v) is 3.04. The molecule has 1 aliphatic rings. The Morgan fingerprint density at radius 2 is 1.95 bits per heavy atom. The highest BCUT2D eigenvalue weighted by Crippen LogP contribution is 2.26. The van der Waals surface area contributed by atoms with Crippen molar-refractivity contribution in [3.8, 4) is 0 Å². The van der Waals surface area contributed by atoms with Crippen molar-refractivity contribution in [3.63, 3.8) is 0 Å². The van der Waals surface area contributed by atoms with Crippen LogP contribution in [0.25, 0.3) is 0 Å². The van der Waals surface area contributed by atoms with Gasteiger partial charge in [-0.25, -0.2) is 0 Å². The van der Waals surface area contributed by atoms with E-state index in [1.807, 2.05) is 37.3 Å². The quantitative estimate of drug-likeness (QED) is 0.810. The maximum atomic E-state index is 12.2. The molecule has 1 aromatic rings. The van der Waals surface area contributed by atoms with Crippen LogP contribution in [-0.4, -0.2) is 25.2 Å². The number of primary amides is 1. The van der Waals surface area contributed by atoms with Crippen molar-refractivity contribution >= 4 is 5.91 Å². The lowest BCUT2D eigenvalue weighted by Crippen LogP contribution is -2.56. The molecule has 4 heteroatoms. The molecule has 0 aromatic heterocycles. The minimum Gasteiger partial charge on any atom is -0.375 e. The fourth-order valence-electron chi connectivity index (χ4n) is 3.04. The minimum atomic E-state index is -0.937. The van der Waals surface area contributed by atoms with E-state index >= 15 is 0 Å². The predicted octanol–water partition coefficient (Wildman–Crippen LogP) is 2.33. The molecule has 0 aliphatic heterocycles. The number of hydrogen-bond acceptors (Lipinski definition) is 3. The highest BCUT2D eigenvalue weighted by Gasteiger charge is 2.38. The summed E-state index contributed by atoms with van der Waals surface area (Å²) in [7, 11) is 0. The first-order chi connectivity index (χ1) is 10.2. The summed E-state index contributed by atoms with van der Waals surface area (Å²) < 4.78 is 6.05. The Hall–Kier alpha value is -1.39. The van der Waals surface area contributed by atoms with E-state index in [0.29, 0.717) is 13.2 Å². The third-order valence-electron chi connectivity index (χ3n) is 4.25. The summed E-state index contributed by atoms with van der Waals surface area (Å²) in [6.45, 7) is 2.93. The number of carbonyl (C=O) groups excluding carboxylic acids is 1. The summed E-state index contributed by atoms with van der Waals surface area (Å²) in [6, 6.07) is 9.63. The van der Waals surface area contributed by atoms with Crippen LogP contribution in [0.2, 0.25) is 0 Å². The van der Waals surface area contributed by atoms with Gasteiger partial charge in [0.25, 0.3) is 0 Å². The van der Waals surface area contributed by atoms with Crippen molar-refractivity contribution in [2.24, 2.45) is 5.73 Å². The maximum absolute atomic E-state index is 12.2. The molecule has 1 aliphatic carbocycles. The van der Waals surface area contributed by atoms with Gasteiger partial charge in [0.05, 0.1) is 12.7 Å². The molecule has 1 fully saturated rings. The summed E-state index contributed by atoms with van der Waals surface area (Å²) in [6.07, 6.45) is 6.11. The molecular weight excluding hydrogens is 264 g/mol. The van der Waals surface area contributed by atoms with E-state index in [4.69, 9.17) is 10.5 Å². The van der Waals surface area contributed by atoms with Crippen molar-refractivity contribution in [3.05, 3.63) is 35.9 Å². The van der Waals surface area contributed by atoms with Crippen molar-refractivity contribution in [1.29, 1.82) is 0 Å². The first-order valence-electron chi connectivity index (χ1n) is 7.91. The summed E-state index contributed by atoms with van der Waals surface area (Å²) >= 11 is 0. The Bertz CT molecular complexity index is 443. The number of nitrogens with one attached hydrogen (secondary N) is 1. The molecule has 1 aromatic carbocycles. The van der Waals surface area contributed by atoms with Gasteiger partial charge in [-0.3, -0.25) is 10.1 Å². The van der Waals surface area contributed by atoms with E-state index in [1.54, 1.807) is 0 Å². The molecule has 21 heavy (non-hydrogen) atoms. The number of benzene rings is 1. The number of nitrogens with two attached hydrogens (primary N) is 1. The van der Waals surface area contributed by atoms with Crippen LogP contribution in [0.4, 0.5) is 0 Å². The van der Waals surface area contributed by atoms with Crippen molar-refractivity contribution in [1.82, 2.24) is 5.32 Å². The molecule has 0 bridgehead atoms. The smallest absolute Gasteiger partial charge is 0.244 e. The van der Waals surface area contributed by atoms with Crippen LogP contribution < -0.4 is 11.1 Å². The molecule has 1 amide bonds. The molecule has 4 nitrogen and oxygen atoms in total. The van der Waals surface area contributed by atoms with Gasteiger partial charge in [-0.1, -0.05) is 56.5 Å². The number of likely N-dealkylation sites (N-methyl/N-ethyl adjacent to an activating group) is 1. The Morgan fingerprint density at radius 3 is 2.52 bits per heavy atom. The molecule has 1 unspecified atom stereocenters. The summed E-state index contributed by atoms with van der Waals surface area (Å²) in [5.41, 5.74) is 5.66. The van der Waals surface area contributed by atoms with Gasteiger partial charge in [-0.2, -0.15) is 0 Å². The molecule has 3 N–H and O–H groups in total. The fraction of sp³-hybridized carbons (Fsp3) is 0.588. The monoisotopic (exact) mass is 290 g/mol. The van der Waals surface area contributed by atoms with Crippen molar-refractivity contribution in [2.45, 2.75) is 50.7 Å². The first-order valence-corrected chi connectivity index (χ1v) is 7.91. The Kier molecular flexibility index (Phi) is 5.76. The van der Waals surface area contributed by atoms with Gasteiger partial charge in [-0.05, 0) is 24.9 Å². The van der Waals surface area contributed by atoms with Crippen LogP contribution in [0.5, 0.6) is 0 Å². The second kappa shape index (κ2) is 7.57. The normalized spacial score (nSPS) is 19.1. The van der Waals surface area contributed by atoms with Crippen LogP contribution in [0.3, 0.4) is 0 Å². The number of rotatable bonds is 7. The van der Waals surface area contributed by atoms with Gasteiger partial charge in [-0.15, -0.1) is 0 Å². The van der Waals surface area contributed by atoms with Gasteiger partial charge in [0.15, 0.2) is 0 Å². The zero-order valence-corrected chi connectivity index (χ0v) is 12.8. The summed E-state index contributed by atoms with van der Waals surface area (Å²) in [4.78, 5) is 12.2. The number of amides is 1. The molecule has 1 saturated carbocycles. The van der Waals surface area contributed by atoms with Crippen molar-refractivity contribution < 1.29 is 9.53 Å². The van der Waals surface area contributed by atoms with E-state index in [9.17, 15) is 4.79 Å². The zero-order valence-electron chi connectivity index (χ0n) is 12.8. The van der Waals surface area contributed by atoms with Crippen LogP contribution >= 0.6 is 0 Å². The zero-order chi connectivity index (χ0) is 15.1. The third-order valence-corrected chi connectivity index (χ3v) is 4.25. The van der Waals surface area contributed by atoms with Crippen LogP contribution in [0.1, 0.15) is 44.6 Å². The van der Waals surface area contributed by atoms with Gasteiger partial charge in [0, 0.05) is 0 Å². The lowest BCUT2D eigenvalue weighted by Gasteiger charge is -2.34. The average molecular weight is 290 g/mol. The maximum Gasteiger partial charge on any atom is 0.244 e. The molecule has 2 rings (SSSR count). The largest absolute Gasteiger partial charge is 0.375 e. The average Bonchev–Trinajstić information content (AvgIpc) is 2.53. The molecule has 0 saturated heterocycles. The number of carbonyl (C=O) groups is 1. The van der Waals surface area contributed by atoms with Gasteiger partial charge in [0.1, 0.15) is 5.54 Å². The second-order valence-corrected chi connectivity index (χ2v) is 5.74. The lowest BCUT2D eigenvalue weighted by atomic mass is 9.89.